The number of para-hydroxylation sites is 1. The third-order valence-electron chi connectivity index (χ3n) is 7.52. The van der Waals surface area contributed by atoms with Gasteiger partial charge in [-0.3, -0.25) is 0 Å². The molecule has 3 aromatic carbocycles. The van der Waals surface area contributed by atoms with Crippen LogP contribution in [-0.2, 0) is 6.54 Å². The fourth-order valence-electron chi connectivity index (χ4n) is 5.52. The second kappa shape index (κ2) is 12.0. The van der Waals surface area contributed by atoms with Crippen molar-refractivity contribution in [2.45, 2.75) is 83.7 Å². The Bertz CT molecular complexity index is 1120. The van der Waals surface area contributed by atoms with Gasteiger partial charge in [-0.05, 0) is 77.8 Å². The van der Waals surface area contributed by atoms with E-state index >= 15 is 0 Å². The molecule has 0 spiro atoms. The summed E-state index contributed by atoms with van der Waals surface area (Å²) in [7, 11) is 0. The molecular formula is C32H39ClN2O. The lowest BCUT2D eigenvalue weighted by molar-refractivity contribution is 0.158. The van der Waals surface area contributed by atoms with Gasteiger partial charge < -0.3 is 10.2 Å². The van der Waals surface area contributed by atoms with Crippen molar-refractivity contribution < 1.29 is 4.79 Å². The number of urea groups is 1. The lowest BCUT2D eigenvalue weighted by Gasteiger charge is -2.37. The third kappa shape index (κ3) is 6.31. The van der Waals surface area contributed by atoms with E-state index in [0.29, 0.717) is 29.3 Å². The third-order valence-corrected chi connectivity index (χ3v) is 7.75. The van der Waals surface area contributed by atoms with Crippen molar-refractivity contribution in [3.8, 4) is 0 Å². The summed E-state index contributed by atoms with van der Waals surface area (Å²) in [6.07, 6.45) is 4.18. The van der Waals surface area contributed by atoms with Crippen LogP contribution in [0.5, 0.6) is 0 Å². The summed E-state index contributed by atoms with van der Waals surface area (Å²) in [4.78, 5) is 16.0. The van der Waals surface area contributed by atoms with Gasteiger partial charge in [-0.25, -0.2) is 4.79 Å². The molecule has 0 radical (unpaired) electrons. The predicted molar refractivity (Wildman–Crippen MR) is 152 cm³/mol. The maximum Gasteiger partial charge on any atom is 0.322 e. The molecule has 0 bridgehead atoms. The van der Waals surface area contributed by atoms with Crippen molar-refractivity contribution in [2.24, 2.45) is 0 Å². The molecular weight excluding hydrogens is 464 g/mol. The molecule has 3 nitrogen and oxygen atoms in total. The Kier molecular flexibility index (Phi) is 8.74. The second-order valence-electron chi connectivity index (χ2n) is 10.7. The van der Waals surface area contributed by atoms with Gasteiger partial charge in [-0.2, -0.15) is 0 Å². The zero-order valence-corrected chi connectivity index (χ0v) is 22.8. The largest absolute Gasteiger partial charge is 0.322 e. The average Bonchev–Trinajstić information content (AvgIpc) is 2.88. The van der Waals surface area contributed by atoms with Crippen LogP contribution in [0.3, 0.4) is 0 Å². The van der Waals surface area contributed by atoms with Crippen LogP contribution < -0.4 is 5.32 Å². The number of amides is 2. The first-order valence-corrected chi connectivity index (χ1v) is 13.7. The summed E-state index contributed by atoms with van der Waals surface area (Å²) in [5.74, 6) is 1.20. The van der Waals surface area contributed by atoms with Gasteiger partial charge in [-0.1, -0.05) is 100.0 Å². The smallest absolute Gasteiger partial charge is 0.317 e. The molecule has 0 unspecified atom stereocenters. The van der Waals surface area contributed by atoms with Gasteiger partial charge in [0, 0.05) is 23.3 Å². The van der Waals surface area contributed by atoms with E-state index in [4.69, 9.17) is 11.6 Å². The standard InChI is InChI=1S/C32H39ClN2O/c1-22(2)29-14-9-15-30(23(3)4)31(29)34-32(36)35(21-24-10-8-13-27(33)20-24)28-18-16-26(17-19-28)25-11-6-5-7-12-25/h5-15,20,22-23,26,28H,16-19,21H2,1-4H3,(H,34,36). The van der Waals surface area contributed by atoms with Crippen molar-refractivity contribution in [3.05, 3.63) is 100 Å². The molecule has 1 N–H and O–H groups in total. The number of hydrogen-bond acceptors (Lipinski definition) is 1. The van der Waals surface area contributed by atoms with E-state index in [1.54, 1.807) is 0 Å². The molecule has 190 valence electrons. The van der Waals surface area contributed by atoms with Gasteiger partial charge in [0.2, 0.25) is 0 Å². The topological polar surface area (TPSA) is 32.3 Å². The van der Waals surface area contributed by atoms with Gasteiger partial charge in [0.25, 0.3) is 0 Å². The molecule has 0 aliphatic heterocycles. The highest BCUT2D eigenvalue weighted by Gasteiger charge is 2.30. The van der Waals surface area contributed by atoms with Crippen molar-refractivity contribution >= 4 is 23.3 Å². The number of carbonyl (C=O) groups is 1. The van der Waals surface area contributed by atoms with E-state index in [2.05, 4.69) is 87.6 Å². The lowest BCUT2D eigenvalue weighted by Crippen LogP contribution is -2.44. The van der Waals surface area contributed by atoms with E-state index < -0.39 is 0 Å². The van der Waals surface area contributed by atoms with Crippen LogP contribution in [0, 0.1) is 0 Å². The molecule has 4 heteroatoms. The van der Waals surface area contributed by atoms with Crippen LogP contribution in [0.15, 0.2) is 72.8 Å². The Morgan fingerprint density at radius 3 is 2.06 bits per heavy atom. The molecule has 1 fully saturated rings. The number of benzene rings is 3. The van der Waals surface area contributed by atoms with Crippen LogP contribution in [0.4, 0.5) is 10.5 Å². The van der Waals surface area contributed by atoms with Crippen LogP contribution >= 0.6 is 11.6 Å². The maximum atomic E-state index is 14.0. The van der Waals surface area contributed by atoms with Crippen LogP contribution in [0.2, 0.25) is 5.02 Å². The SMILES string of the molecule is CC(C)c1cccc(C(C)C)c1NC(=O)N(Cc1cccc(Cl)c1)C1CCC(c2ccccc2)CC1. The Balaban J connectivity index is 1.59. The average molecular weight is 503 g/mol. The zero-order chi connectivity index (χ0) is 25.7. The van der Waals surface area contributed by atoms with Crippen LogP contribution in [0.1, 0.15) is 93.4 Å². The predicted octanol–water partition coefficient (Wildman–Crippen LogP) is 9.35. The molecule has 3 aromatic rings. The van der Waals surface area contributed by atoms with Gasteiger partial charge in [0.15, 0.2) is 0 Å². The molecule has 36 heavy (non-hydrogen) atoms. The summed E-state index contributed by atoms with van der Waals surface area (Å²) in [6, 6.07) is 25.2. The van der Waals surface area contributed by atoms with Gasteiger partial charge in [0.1, 0.15) is 0 Å². The molecule has 2 amide bonds. The number of nitrogens with one attached hydrogen (secondary N) is 1. The molecule has 1 saturated carbocycles. The molecule has 0 heterocycles. The number of halogens is 1. The summed E-state index contributed by atoms with van der Waals surface area (Å²) in [6.45, 7) is 9.29. The molecule has 1 aliphatic rings. The van der Waals surface area contributed by atoms with Crippen molar-refractivity contribution in [3.63, 3.8) is 0 Å². The summed E-state index contributed by atoms with van der Waals surface area (Å²) >= 11 is 6.30. The van der Waals surface area contributed by atoms with Crippen molar-refractivity contribution in [1.29, 1.82) is 0 Å². The highest BCUT2D eigenvalue weighted by molar-refractivity contribution is 6.30. The Morgan fingerprint density at radius 2 is 1.47 bits per heavy atom. The minimum atomic E-state index is -0.0202. The van der Waals surface area contributed by atoms with Crippen LogP contribution in [0.25, 0.3) is 0 Å². The Morgan fingerprint density at radius 1 is 0.861 bits per heavy atom. The van der Waals surface area contributed by atoms with E-state index in [0.717, 1.165) is 36.9 Å². The van der Waals surface area contributed by atoms with Crippen molar-refractivity contribution in [1.82, 2.24) is 4.90 Å². The molecule has 4 rings (SSSR count). The first kappa shape index (κ1) is 26.3. The lowest BCUT2D eigenvalue weighted by atomic mass is 9.81. The van der Waals surface area contributed by atoms with Crippen molar-refractivity contribution in [2.75, 3.05) is 5.32 Å². The fourth-order valence-corrected chi connectivity index (χ4v) is 5.73. The maximum absolute atomic E-state index is 14.0. The van der Waals surface area contributed by atoms with Gasteiger partial charge in [0.05, 0.1) is 0 Å². The zero-order valence-electron chi connectivity index (χ0n) is 22.0. The molecule has 0 aromatic heterocycles. The number of carbonyl (C=O) groups excluding carboxylic acids is 1. The number of nitrogens with zero attached hydrogens (tertiary/aromatic N) is 1. The highest BCUT2D eigenvalue weighted by atomic mass is 35.5. The monoisotopic (exact) mass is 502 g/mol. The second-order valence-corrected chi connectivity index (χ2v) is 11.2. The number of rotatable bonds is 7. The first-order valence-electron chi connectivity index (χ1n) is 13.3. The van der Waals surface area contributed by atoms with Gasteiger partial charge >= 0.3 is 6.03 Å². The molecule has 1 aliphatic carbocycles. The summed E-state index contributed by atoms with van der Waals surface area (Å²) in [5.41, 5.74) is 5.81. The Labute approximate surface area is 221 Å². The van der Waals surface area contributed by atoms with E-state index in [1.165, 1.54) is 16.7 Å². The number of anilines is 1. The number of hydrogen-bond donors (Lipinski definition) is 1. The Hall–Kier alpha value is -2.78. The quantitative estimate of drug-likeness (QED) is 0.343. The van der Waals surface area contributed by atoms with E-state index in [1.807, 2.05) is 23.1 Å². The first-order chi connectivity index (χ1) is 17.3. The fraction of sp³-hybridized carbons (Fsp3) is 0.406. The molecule has 0 atom stereocenters. The normalized spacial score (nSPS) is 17.9. The minimum absolute atomic E-state index is 0.0202. The van der Waals surface area contributed by atoms with E-state index in [-0.39, 0.29) is 12.1 Å². The summed E-state index contributed by atoms with van der Waals surface area (Å²) in [5, 5.41) is 4.07. The van der Waals surface area contributed by atoms with E-state index in [9.17, 15) is 4.79 Å². The highest BCUT2D eigenvalue weighted by Crippen LogP contribution is 2.37. The van der Waals surface area contributed by atoms with Crippen LogP contribution in [-0.4, -0.2) is 17.0 Å². The minimum Gasteiger partial charge on any atom is -0.317 e. The van der Waals surface area contributed by atoms with Gasteiger partial charge in [-0.15, -0.1) is 0 Å². The molecule has 0 saturated heterocycles. The summed E-state index contributed by atoms with van der Waals surface area (Å²) < 4.78 is 0.